The van der Waals surface area contributed by atoms with Crippen LogP contribution in [0.4, 0.5) is 8.78 Å². The van der Waals surface area contributed by atoms with E-state index in [1.807, 2.05) is 30.3 Å². The van der Waals surface area contributed by atoms with Crippen molar-refractivity contribution in [2.75, 3.05) is 0 Å². The molecule has 140 valence electrons. The first-order valence-corrected chi connectivity index (χ1v) is 8.39. The Morgan fingerprint density at radius 3 is 2.68 bits per heavy atom. The summed E-state index contributed by atoms with van der Waals surface area (Å²) in [4.78, 5) is 16.8. The number of aromatic nitrogens is 3. The van der Waals surface area contributed by atoms with Gasteiger partial charge in [-0.25, -0.2) is 13.8 Å². The number of carbonyl (C=O) groups excluding carboxylic acids is 1. The molecule has 0 bridgehead atoms. The van der Waals surface area contributed by atoms with Gasteiger partial charge in [0, 0.05) is 18.2 Å². The van der Waals surface area contributed by atoms with Crippen molar-refractivity contribution in [2.45, 2.75) is 6.54 Å². The largest absolute Gasteiger partial charge is 0.493 e. The number of hydrogen-bond donors (Lipinski definition) is 2. The van der Waals surface area contributed by atoms with Gasteiger partial charge in [-0.05, 0) is 17.7 Å². The summed E-state index contributed by atoms with van der Waals surface area (Å²) in [5.41, 5.74) is 0.897. The molecule has 28 heavy (non-hydrogen) atoms. The number of halogens is 2. The lowest BCUT2D eigenvalue weighted by Gasteiger charge is -2.07. The normalized spacial score (nSPS) is 10.9. The monoisotopic (exact) mass is 380 g/mol. The van der Waals surface area contributed by atoms with E-state index in [0.29, 0.717) is 6.54 Å². The molecule has 0 saturated heterocycles. The summed E-state index contributed by atoms with van der Waals surface area (Å²) in [6.07, 6.45) is 1.26. The SMILES string of the molecule is O=C(NCc1ccccc1)c1cnn2c(O)cc(-c3cccc(F)c3F)nc12. The highest BCUT2D eigenvalue weighted by Crippen LogP contribution is 2.27. The molecule has 0 unspecified atom stereocenters. The molecular weight excluding hydrogens is 366 g/mol. The van der Waals surface area contributed by atoms with Crippen LogP contribution in [0.25, 0.3) is 16.9 Å². The van der Waals surface area contributed by atoms with Gasteiger partial charge < -0.3 is 10.4 Å². The van der Waals surface area contributed by atoms with Crippen molar-refractivity contribution in [1.29, 1.82) is 0 Å². The van der Waals surface area contributed by atoms with Crippen molar-refractivity contribution in [3.8, 4) is 17.1 Å². The lowest BCUT2D eigenvalue weighted by Crippen LogP contribution is -2.22. The molecular formula is C20H14F2N4O2. The molecule has 0 aliphatic carbocycles. The Morgan fingerprint density at radius 2 is 1.89 bits per heavy atom. The molecule has 4 rings (SSSR count). The molecule has 8 heteroatoms. The number of carbonyl (C=O) groups is 1. The van der Waals surface area contributed by atoms with Crippen molar-refractivity contribution >= 4 is 11.6 Å². The van der Waals surface area contributed by atoms with Crippen LogP contribution in [-0.4, -0.2) is 25.6 Å². The zero-order valence-electron chi connectivity index (χ0n) is 14.4. The highest BCUT2D eigenvalue weighted by molar-refractivity contribution is 5.99. The molecule has 0 aliphatic heterocycles. The summed E-state index contributed by atoms with van der Waals surface area (Å²) in [5, 5.41) is 16.9. The van der Waals surface area contributed by atoms with Crippen LogP contribution in [0.2, 0.25) is 0 Å². The summed E-state index contributed by atoms with van der Waals surface area (Å²) in [7, 11) is 0. The number of fused-ring (bicyclic) bond motifs is 1. The molecule has 0 spiro atoms. The zero-order valence-corrected chi connectivity index (χ0v) is 14.4. The first-order chi connectivity index (χ1) is 13.5. The number of aromatic hydroxyl groups is 1. The molecule has 2 heterocycles. The third-order valence-corrected chi connectivity index (χ3v) is 4.22. The lowest BCUT2D eigenvalue weighted by molar-refractivity contribution is 0.0952. The van der Waals surface area contributed by atoms with Gasteiger partial charge in [-0.2, -0.15) is 9.61 Å². The van der Waals surface area contributed by atoms with Crippen LogP contribution >= 0.6 is 0 Å². The second-order valence-electron chi connectivity index (χ2n) is 6.06. The second kappa shape index (κ2) is 7.07. The fourth-order valence-electron chi connectivity index (χ4n) is 2.82. The van der Waals surface area contributed by atoms with Gasteiger partial charge in [-0.1, -0.05) is 36.4 Å². The van der Waals surface area contributed by atoms with Gasteiger partial charge in [0.2, 0.25) is 5.88 Å². The molecule has 4 aromatic rings. The number of amides is 1. The molecule has 0 atom stereocenters. The van der Waals surface area contributed by atoms with E-state index in [0.717, 1.165) is 22.2 Å². The predicted octanol–water partition coefficient (Wildman–Crippen LogP) is 3.31. The second-order valence-corrected chi connectivity index (χ2v) is 6.06. The average Bonchev–Trinajstić information content (AvgIpc) is 3.14. The van der Waals surface area contributed by atoms with E-state index in [1.165, 1.54) is 18.3 Å². The molecule has 2 aromatic carbocycles. The van der Waals surface area contributed by atoms with Crippen LogP contribution in [0.1, 0.15) is 15.9 Å². The standard InChI is InChI=1S/C20H14F2N4O2/c21-15-8-4-7-13(18(15)22)16-9-17(27)26-19(25-16)14(11-24-26)20(28)23-10-12-5-2-1-3-6-12/h1-9,11,27H,10H2,(H,23,28). The first-order valence-electron chi connectivity index (χ1n) is 8.39. The van der Waals surface area contributed by atoms with Crippen LogP contribution in [0.15, 0.2) is 60.8 Å². The molecule has 0 fully saturated rings. The number of hydrogen-bond acceptors (Lipinski definition) is 4. The Balaban J connectivity index is 1.71. The van der Waals surface area contributed by atoms with E-state index in [2.05, 4.69) is 15.4 Å². The van der Waals surface area contributed by atoms with Crippen LogP contribution in [0.3, 0.4) is 0 Å². The molecule has 6 nitrogen and oxygen atoms in total. The number of benzene rings is 2. The molecule has 2 aromatic heterocycles. The van der Waals surface area contributed by atoms with Crippen molar-refractivity contribution in [1.82, 2.24) is 19.9 Å². The summed E-state index contributed by atoms with van der Waals surface area (Å²) in [6, 6.07) is 14.1. The van der Waals surface area contributed by atoms with Crippen LogP contribution in [0, 0.1) is 11.6 Å². The van der Waals surface area contributed by atoms with Gasteiger partial charge in [0.15, 0.2) is 17.3 Å². The minimum absolute atomic E-state index is 0.0143. The summed E-state index contributed by atoms with van der Waals surface area (Å²) in [6.45, 7) is 0.293. The zero-order chi connectivity index (χ0) is 19.7. The molecule has 2 N–H and O–H groups in total. The summed E-state index contributed by atoms with van der Waals surface area (Å²) < 4.78 is 28.7. The Labute approximate surface area is 158 Å². The average molecular weight is 380 g/mol. The molecule has 0 aliphatic rings. The minimum atomic E-state index is -1.09. The smallest absolute Gasteiger partial charge is 0.257 e. The molecule has 0 radical (unpaired) electrons. The van der Waals surface area contributed by atoms with E-state index in [9.17, 15) is 18.7 Å². The Morgan fingerprint density at radius 1 is 1.11 bits per heavy atom. The maximum absolute atomic E-state index is 14.1. The number of nitrogens with one attached hydrogen (secondary N) is 1. The van der Waals surface area contributed by atoms with Gasteiger partial charge in [-0.15, -0.1) is 0 Å². The highest BCUT2D eigenvalue weighted by atomic mass is 19.2. The van der Waals surface area contributed by atoms with E-state index >= 15 is 0 Å². The topological polar surface area (TPSA) is 79.5 Å². The quantitative estimate of drug-likeness (QED) is 0.569. The molecule has 0 saturated carbocycles. The summed E-state index contributed by atoms with van der Waals surface area (Å²) in [5.74, 6) is -2.94. The van der Waals surface area contributed by atoms with Gasteiger partial charge in [0.05, 0.1) is 11.9 Å². The van der Waals surface area contributed by atoms with Crippen molar-refractivity contribution in [3.05, 3.63) is 83.6 Å². The Bertz CT molecular complexity index is 1180. The van der Waals surface area contributed by atoms with E-state index in [-0.39, 0.29) is 28.3 Å². The first kappa shape index (κ1) is 17.6. The van der Waals surface area contributed by atoms with Crippen molar-refractivity contribution in [2.24, 2.45) is 0 Å². The fraction of sp³-hybridized carbons (Fsp3) is 0.0500. The van der Waals surface area contributed by atoms with Gasteiger partial charge in [-0.3, -0.25) is 4.79 Å². The number of nitrogens with zero attached hydrogens (tertiary/aromatic N) is 3. The lowest BCUT2D eigenvalue weighted by atomic mass is 10.1. The highest BCUT2D eigenvalue weighted by Gasteiger charge is 2.19. The Kier molecular flexibility index (Phi) is 4.44. The van der Waals surface area contributed by atoms with E-state index in [1.54, 1.807) is 0 Å². The van der Waals surface area contributed by atoms with Crippen molar-refractivity contribution < 1.29 is 18.7 Å². The summed E-state index contributed by atoms with van der Waals surface area (Å²) >= 11 is 0. The third-order valence-electron chi connectivity index (χ3n) is 4.22. The van der Waals surface area contributed by atoms with Crippen LogP contribution < -0.4 is 5.32 Å². The van der Waals surface area contributed by atoms with Crippen molar-refractivity contribution in [3.63, 3.8) is 0 Å². The maximum atomic E-state index is 14.1. The third kappa shape index (κ3) is 3.16. The predicted molar refractivity (Wildman–Crippen MR) is 97.6 cm³/mol. The van der Waals surface area contributed by atoms with E-state index < -0.39 is 17.5 Å². The molecule has 1 amide bonds. The Hall–Kier alpha value is -3.81. The fourth-order valence-corrected chi connectivity index (χ4v) is 2.82. The van der Waals surface area contributed by atoms with Gasteiger partial charge >= 0.3 is 0 Å². The van der Waals surface area contributed by atoms with Crippen LogP contribution in [0.5, 0.6) is 5.88 Å². The van der Waals surface area contributed by atoms with Gasteiger partial charge in [0.25, 0.3) is 5.91 Å². The number of rotatable bonds is 4. The van der Waals surface area contributed by atoms with Gasteiger partial charge in [0.1, 0.15) is 5.56 Å². The van der Waals surface area contributed by atoms with E-state index in [4.69, 9.17) is 0 Å². The maximum Gasteiger partial charge on any atom is 0.257 e. The minimum Gasteiger partial charge on any atom is -0.493 e. The van der Waals surface area contributed by atoms with Crippen LogP contribution in [-0.2, 0) is 6.54 Å².